The Morgan fingerprint density at radius 2 is 2.50 bits per heavy atom. The molecular formula is C9H17N3O2. The van der Waals surface area contributed by atoms with E-state index in [0.29, 0.717) is 12.6 Å². The van der Waals surface area contributed by atoms with Crippen molar-refractivity contribution in [2.24, 2.45) is 0 Å². The van der Waals surface area contributed by atoms with E-state index in [9.17, 15) is 4.79 Å². The first-order chi connectivity index (χ1) is 6.81. The lowest BCUT2D eigenvalue weighted by molar-refractivity contribution is -0.125. The number of hydrogen-bond donors (Lipinski definition) is 2. The van der Waals surface area contributed by atoms with Crippen molar-refractivity contribution in [1.82, 2.24) is 15.5 Å². The highest BCUT2D eigenvalue weighted by atomic mass is 16.5. The van der Waals surface area contributed by atoms with Crippen molar-refractivity contribution in [1.29, 1.82) is 0 Å². The van der Waals surface area contributed by atoms with Crippen LogP contribution in [0.1, 0.15) is 0 Å². The highest BCUT2D eigenvalue weighted by Crippen LogP contribution is 2.16. The van der Waals surface area contributed by atoms with E-state index in [0.717, 1.165) is 26.2 Å². The summed E-state index contributed by atoms with van der Waals surface area (Å²) in [6.45, 7) is 3.93. The van der Waals surface area contributed by atoms with E-state index in [-0.39, 0.29) is 12.0 Å². The highest BCUT2D eigenvalue weighted by molar-refractivity contribution is 5.77. The molecule has 2 saturated heterocycles. The van der Waals surface area contributed by atoms with Gasteiger partial charge >= 0.3 is 0 Å². The van der Waals surface area contributed by atoms with E-state index < -0.39 is 0 Å². The third kappa shape index (κ3) is 1.89. The predicted molar refractivity (Wildman–Crippen MR) is 52.0 cm³/mol. The van der Waals surface area contributed by atoms with Gasteiger partial charge in [0.1, 0.15) is 0 Å². The van der Waals surface area contributed by atoms with Crippen LogP contribution in [0.5, 0.6) is 0 Å². The van der Waals surface area contributed by atoms with E-state index in [1.54, 1.807) is 7.05 Å². The van der Waals surface area contributed by atoms with Crippen molar-refractivity contribution in [3.05, 3.63) is 0 Å². The number of nitrogens with one attached hydrogen (secondary N) is 2. The van der Waals surface area contributed by atoms with Crippen LogP contribution in [0.4, 0.5) is 0 Å². The molecule has 2 fully saturated rings. The molecule has 2 N–H and O–H groups in total. The summed E-state index contributed by atoms with van der Waals surface area (Å²) >= 11 is 0. The average molecular weight is 199 g/mol. The Morgan fingerprint density at radius 1 is 1.64 bits per heavy atom. The zero-order valence-electron chi connectivity index (χ0n) is 8.45. The van der Waals surface area contributed by atoms with Crippen LogP contribution in [-0.2, 0) is 9.53 Å². The molecule has 1 amide bonds. The summed E-state index contributed by atoms with van der Waals surface area (Å²) in [6.07, 6.45) is 0.272. The maximum absolute atomic E-state index is 11.3. The fourth-order valence-corrected chi connectivity index (χ4v) is 2.12. The quantitative estimate of drug-likeness (QED) is 0.563. The maximum Gasteiger partial charge on any atom is 0.233 e. The van der Waals surface area contributed by atoms with Crippen LogP contribution < -0.4 is 10.6 Å². The smallest absolute Gasteiger partial charge is 0.233 e. The Kier molecular flexibility index (Phi) is 3.00. The lowest BCUT2D eigenvalue weighted by Gasteiger charge is -2.36. The number of fused-ring (bicyclic) bond motifs is 1. The Hall–Kier alpha value is -0.650. The molecule has 80 valence electrons. The first kappa shape index (κ1) is 9.89. The second kappa shape index (κ2) is 4.25. The van der Waals surface area contributed by atoms with Crippen molar-refractivity contribution in [3.8, 4) is 0 Å². The molecule has 0 unspecified atom stereocenters. The number of rotatable bonds is 2. The average Bonchev–Trinajstić information content (AvgIpc) is 2.66. The van der Waals surface area contributed by atoms with Gasteiger partial charge in [-0.15, -0.1) is 0 Å². The molecule has 0 aromatic carbocycles. The SMILES string of the molecule is CNC(=O)CN1CCO[C@H]2CNC[C@H]21. The molecule has 2 rings (SSSR count). The van der Waals surface area contributed by atoms with Crippen molar-refractivity contribution in [3.63, 3.8) is 0 Å². The van der Waals surface area contributed by atoms with Gasteiger partial charge in [-0.1, -0.05) is 0 Å². The molecule has 5 nitrogen and oxygen atoms in total. The molecule has 14 heavy (non-hydrogen) atoms. The topological polar surface area (TPSA) is 53.6 Å². The van der Waals surface area contributed by atoms with Crippen LogP contribution in [0.3, 0.4) is 0 Å². The number of carbonyl (C=O) groups excluding carboxylic acids is 1. The first-order valence-corrected chi connectivity index (χ1v) is 5.08. The Morgan fingerprint density at radius 3 is 3.29 bits per heavy atom. The van der Waals surface area contributed by atoms with Crippen molar-refractivity contribution >= 4 is 5.91 Å². The van der Waals surface area contributed by atoms with Crippen LogP contribution in [0.25, 0.3) is 0 Å². The third-order valence-electron chi connectivity index (χ3n) is 2.93. The van der Waals surface area contributed by atoms with E-state index >= 15 is 0 Å². The molecule has 0 spiro atoms. The number of hydrogen-bond acceptors (Lipinski definition) is 4. The van der Waals surface area contributed by atoms with Crippen molar-refractivity contribution in [2.45, 2.75) is 12.1 Å². The minimum atomic E-state index is 0.0811. The predicted octanol–water partition coefficient (Wildman–Crippen LogP) is -1.59. The molecule has 0 bridgehead atoms. The zero-order chi connectivity index (χ0) is 9.97. The Bertz CT molecular complexity index is 222. The molecule has 2 heterocycles. The van der Waals surface area contributed by atoms with Gasteiger partial charge in [-0.05, 0) is 0 Å². The van der Waals surface area contributed by atoms with Gasteiger partial charge in [0, 0.05) is 26.7 Å². The normalized spacial score (nSPS) is 32.6. The molecule has 5 heteroatoms. The van der Waals surface area contributed by atoms with E-state index in [1.165, 1.54) is 0 Å². The number of ether oxygens (including phenoxy) is 1. The standard InChI is InChI=1S/C9H17N3O2/c1-10-9(13)6-12-2-3-14-8-5-11-4-7(8)12/h7-8,11H,2-6H2,1H3,(H,10,13)/t7-,8+/m1/s1. The van der Waals surface area contributed by atoms with Crippen molar-refractivity contribution < 1.29 is 9.53 Å². The monoisotopic (exact) mass is 199 g/mol. The summed E-state index contributed by atoms with van der Waals surface area (Å²) in [4.78, 5) is 13.5. The van der Waals surface area contributed by atoms with Gasteiger partial charge in [-0.25, -0.2) is 0 Å². The fraction of sp³-hybridized carbons (Fsp3) is 0.889. The Balaban J connectivity index is 1.93. The third-order valence-corrected chi connectivity index (χ3v) is 2.93. The van der Waals surface area contributed by atoms with Gasteiger partial charge in [0.05, 0.1) is 25.3 Å². The second-order valence-electron chi connectivity index (χ2n) is 3.78. The molecular weight excluding hydrogens is 182 g/mol. The number of carbonyl (C=O) groups is 1. The van der Waals surface area contributed by atoms with Gasteiger partial charge in [0.2, 0.25) is 5.91 Å². The summed E-state index contributed by atoms with van der Waals surface area (Å²) < 4.78 is 5.61. The molecule has 0 saturated carbocycles. The van der Waals surface area contributed by atoms with Crippen LogP contribution in [0.15, 0.2) is 0 Å². The van der Waals surface area contributed by atoms with Crippen LogP contribution >= 0.6 is 0 Å². The molecule has 0 aromatic heterocycles. The molecule has 2 atom stereocenters. The highest BCUT2D eigenvalue weighted by Gasteiger charge is 2.36. The lowest BCUT2D eigenvalue weighted by atomic mass is 10.1. The van der Waals surface area contributed by atoms with Gasteiger partial charge in [-0.2, -0.15) is 0 Å². The molecule has 2 aliphatic heterocycles. The second-order valence-corrected chi connectivity index (χ2v) is 3.78. The number of amides is 1. The largest absolute Gasteiger partial charge is 0.374 e. The van der Waals surface area contributed by atoms with Gasteiger partial charge < -0.3 is 15.4 Å². The maximum atomic E-state index is 11.3. The molecule has 0 radical (unpaired) electrons. The molecule has 0 aromatic rings. The van der Waals surface area contributed by atoms with Crippen LogP contribution in [0, 0.1) is 0 Å². The summed E-state index contributed by atoms with van der Waals surface area (Å²) in [5, 5.41) is 5.94. The zero-order valence-corrected chi connectivity index (χ0v) is 8.45. The summed E-state index contributed by atoms with van der Waals surface area (Å²) in [7, 11) is 1.67. The number of morpholine rings is 1. The van der Waals surface area contributed by atoms with Gasteiger partial charge in [-0.3, -0.25) is 9.69 Å². The van der Waals surface area contributed by atoms with Gasteiger partial charge in [0.25, 0.3) is 0 Å². The lowest BCUT2D eigenvalue weighted by Crippen LogP contribution is -2.53. The number of nitrogens with zero attached hydrogens (tertiary/aromatic N) is 1. The first-order valence-electron chi connectivity index (χ1n) is 5.08. The van der Waals surface area contributed by atoms with E-state index in [2.05, 4.69) is 15.5 Å². The fourth-order valence-electron chi connectivity index (χ4n) is 2.12. The van der Waals surface area contributed by atoms with Gasteiger partial charge in [0.15, 0.2) is 0 Å². The minimum Gasteiger partial charge on any atom is -0.374 e. The van der Waals surface area contributed by atoms with E-state index in [4.69, 9.17) is 4.74 Å². The van der Waals surface area contributed by atoms with E-state index in [1.807, 2.05) is 0 Å². The minimum absolute atomic E-state index is 0.0811. The Labute approximate surface area is 83.8 Å². The van der Waals surface area contributed by atoms with Crippen molar-refractivity contribution in [2.75, 3.05) is 39.8 Å². The summed E-state index contributed by atoms with van der Waals surface area (Å²) in [5.41, 5.74) is 0. The van der Waals surface area contributed by atoms with Crippen LogP contribution in [0.2, 0.25) is 0 Å². The molecule has 2 aliphatic rings. The number of likely N-dealkylation sites (N-methyl/N-ethyl adjacent to an activating group) is 1. The van der Waals surface area contributed by atoms with Crippen LogP contribution in [-0.4, -0.2) is 62.8 Å². The molecule has 0 aliphatic carbocycles. The summed E-state index contributed by atoms with van der Waals surface area (Å²) in [6, 6.07) is 0.376. The summed E-state index contributed by atoms with van der Waals surface area (Å²) in [5.74, 6) is 0.0811.